The number of hydrogen-bond donors (Lipinski definition) is 0. The third-order valence-corrected chi connectivity index (χ3v) is 1.79. The first-order chi connectivity index (χ1) is 6.19. The molecule has 1 heterocycles. The summed E-state index contributed by atoms with van der Waals surface area (Å²) in [5.41, 5.74) is -0.112. The zero-order valence-electron chi connectivity index (χ0n) is 6.47. The minimum Gasteiger partial charge on any atom is -0.254 e. The van der Waals surface area contributed by atoms with Crippen molar-refractivity contribution in [1.29, 1.82) is 5.26 Å². The monoisotopic (exact) mass is 202 g/mol. The maximum Gasteiger partial charge on any atom is 0.149 e. The minimum absolute atomic E-state index is 0.0634. The topological polar surface area (TPSA) is 36.7 Å². The van der Waals surface area contributed by atoms with Crippen molar-refractivity contribution in [3.63, 3.8) is 0 Å². The van der Waals surface area contributed by atoms with E-state index in [4.69, 9.17) is 16.9 Å². The Morgan fingerprint density at radius 2 is 2.31 bits per heavy atom. The van der Waals surface area contributed by atoms with Gasteiger partial charge in [-0.25, -0.2) is 8.78 Å². The van der Waals surface area contributed by atoms with Gasteiger partial charge in [-0.1, -0.05) is 0 Å². The van der Waals surface area contributed by atoms with Crippen LogP contribution in [-0.4, -0.2) is 10.9 Å². The molecule has 0 radical (unpaired) electrons. The molecular formula is C8H5ClF2N2. The summed E-state index contributed by atoms with van der Waals surface area (Å²) in [4.78, 5) is 3.46. The van der Waals surface area contributed by atoms with Crippen molar-refractivity contribution in [1.82, 2.24) is 4.98 Å². The standard InChI is InChI=1S/C8H5ClF2N2/c9-2-5(3-12)8-7(11)1-6(10)4-13-8/h1,4-5H,2H2. The van der Waals surface area contributed by atoms with E-state index in [9.17, 15) is 8.78 Å². The van der Waals surface area contributed by atoms with Crippen LogP contribution in [0.4, 0.5) is 8.78 Å². The van der Waals surface area contributed by atoms with E-state index < -0.39 is 17.6 Å². The van der Waals surface area contributed by atoms with Gasteiger partial charge in [0.2, 0.25) is 0 Å². The van der Waals surface area contributed by atoms with E-state index in [0.29, 0.717) is 6.07 Å². The fraction of sp³-hybridized carbons (Fsp3) is 0.250. The molecule has 0 aliphatic heterocycles. The number of alkyl halides is 1. The number of rotatable bonds is 2. The summed E-state index contributed by atoms with van der Waals surface area (Å²) in [6, 6.07) is 2.45. The molecule has 1 unspecified atom stereocenters. The summed E-state index contributed by atoms with van der Waals surface area (Å²) in [6.07, 6.45) is 0.856. The highest BCUT2D eigenvalue weighted by Gasteiger charge is 2.16. The number of halogens is 3. The average Bonchev–Trinajstić information content (AvgIpc) is 2.10. The van der Waals surface area contributed by atoms with E-state index in [1.54, 1.807) is 6.07 Å². The first-order valence-electron chi connectivity index (χ1n) is 3.45. The van der Waals surface area contributed by atoms with Crippen LogP contribution < -0.4 is 0 Å². The molecule has 0 aliphatic rings. The number of nitrogens with zero attached hydrogens (tertiary/aromatic N) is 2. The van der Waals surface area contributed by atoms with Crippen molar-refractivity contribution >= 4 is 11.6 Å². The Morgan fingerprint density at radius 1 is 1.62 bits per heavy atom. The second kappa shape index (κ2) is 4.15. The van der Waals surface area contributed by atoms with Crippen molar-refractivity contribution in [3.05, 3.63) is 29.6 Å². The van der Waals surface area contributed by atoms with Crippen molar-refractivity contribution in [3.8, 4) is 6.07 Å². The molecule has 0 amide bonds. The predicted octanol–water partition coefficient (Wildman–Crippen LogP) is 2.21. The van der Waals surface area contributed by atoms with Crippen LogP contribution in [0.15, 0.2) is 12.3 Å². The molecule has 0 saturated heterocycles. The summed E-state index contributed by atoms with van der Waals surface area (Å²) in [6.45, 7) is 0. The van der Waals surface area contributed by atoms with Gasteiger partial charge in [-0.05, 0) is 0 Å². The molecule has 0 aromatic carbocycles. The fourth-order valence-corrected chi connectivity index (χ4v) is 1.07. The van der Waals surface area contributed by atoms with Crippen molar-refractivity contribution in [2.75, 3.05) is 5.88 Å². The van der Waals surface area contributed by atoms with Gasteiger partial charge in [0.05, 0.1) is 18.0 Å². The second-order valence-electron chi connectivity index (χ2n) is 2.36. The van der Waals surface area contributed by atoms with E-state index in [2.05, 4.69) is 4.98 Å². The molecule has 5 heteroatoms. The lowest BCUT2D eigenvalue weighted by Crippen LogP contribution is -2.04. The highest BCUT2D eigenvalue weighted by atomic mass is 35.5. The molecule has 0 bridgehead atoms. The maximum atomic E-state index is 13.0. The van der Waals surface area contributed by atoms with Gasteiger partial charge in [0.25, 0.3) is 0 Å². The molecule has 1 atom stereocenters. The van der Waals surface area contributed by atoms with Crippen molar-refractivity contribution in [2.45, 2.75) is 5.92 Å². The molecular weight excluding hydrogens is 198 g/mol. The Balaban J connectivity index is 3.09. The molecule has 13 heavy (non-hydrogen) atoms. The van der Waals surface area contributed by atoms with Gasteiger partial charge in [0, 0.05) is 11.9 Å². The van der Waals surface area contributed by atoms with Crippen LogP contribution in [0, 0.1) is 23.0 Å². The number of pyridine rings is 1. The Hall–Kier alpha value is -1.21. The highest BCUT2D eigenvalue weighted by molar-refractivity contribution is 6.18. The molecule has 2 nitrogen and oxygen atoms in total. The third kappa shape index (κ3) is 2.13. The SMILES string of the molecule is N#CC(CCl)c1ncc(F)cc1F. The van der Waals surface area contributed by atoms with Crippen LogP contribution in [0.3, 0.4) is 0 Å². The Morgan fingerprint density at radius 3 is 2.77 bits per heavy atom. The fourth-order valence-electron chi connectivity index (χ4n) is 0.850. The van der Waals surface area contributed by atoms with E-state index in [0.717, 1.165) is 6.20 Å². The smallest absolute Gasteiger partial charge is 0.149 e. The molecule has 0 saturated carbocycles. The van der Waals surface area contributed by atoms with Crippen LogP contribution in [-0.2, 0) is 0 Å². The van der Waals surface area contributed by atoms with Crippen molar-refractivity contribution in [2.24, 2.45) is 0 Å². The van der Waals surface area contributed by atoms with Crippen LogP contribution in [0.2, 0.25) is 0 Å². The van der Waals surface area contributed by atoms with Crippen LogP contribution in [0.5, 0.6) is 0 Å². The number of hydrogen-bond acceptors (Lipinski definition) is 2. The van der Waals surface area contributed by atoms with E-state index in [1.165, 1.54) is 0 Å². The summed E-state index contributed by atoms with van der Waals surface area (Å²) in [5, 5.41) is 8.54. The average molecular weight is 203 g/mol. The van der Waals surface area contributed by atoms with E-state index >= 15 is 0 Å². The van der Waals surface area contributed by atoms with Crippen LogP contribution in [0.25, 0.3) is 0 Å². The van der Waals surface area contributed by atoms with Crippen LogP contribution in [0.1, 0.15) is 11.6 Å². The normalized spacial score (nSPS) is 12.2. The Kier molecular flexibility index (Phi) is 3.15. The maximum absolute atomic E-state index is 13.0. The van der Waals surface area contributed by atoms with Gasteiger partial charge >= 0.3 is 0 Å². The zero-order chi connectivity index (χ0) is 9.84. The van der Waals surface area contributed by atoms with Gasteiger partial charge in [-0.15, -0.1) is 11.6 Å². The van der Waals surface area contributed by atoms with Gasteiger partial charge < -0.3 is 0 Å². The van der Waals surface area contributed by atoms with E-state index in [-0.39, 0.29) is 11.6 Å². The Bertz CT molecular complexity index is 348. The largest absolute Gasteiger partial charge is 0.254 e. The molecule has 1 rings (SSSR count). The second-order valence-corrected chi connectivity index (χ2v) is 2.67. The molecule has 1 aromatic rings. The summed E-state index contributed by atoms with van der Waals surface area (Å²) in [5.74, 6) is -2.51. The van der Waals surface area contributed by atoms with Crippen LogP contribution >= 0.6 is 11.6 Å². The first-order valence-corrected chi connectivity index (χ1v) is 3.99. The van der Waals surface area contributed by atoms with Crippen molar-refractivity contribution < 1.29 is 8.78 Å². The quantitative estimate of drug-likeness (QED) is 0.690. The lowest BCUT2D eigenvalue weighted by Gasteiger charge is -2.04. The summed E-state index contributed by atoms with van der Waals surface area (Å²) < 4.78 is 25.4. The lowest BCUT2D eigenvalue weighted by atomic mass is 10.1. The molecule has 0 fully saturated rings. The first kappa shape index (κ1) is 9.87. The minimum atomic E-state index is -0.841. The Labute approximate surface area is 78.8 Å². The molecule has 68 valence electrons. The summed E-state index contributed by atoms with van der Waals surface area (Å²) in [7, 11) is 0. The summed E-state index contributed by atoms with van der Waals surface area (Å²) >= 11 is 5.39. The van der Waals surface area contributed by atoms with Gasteiger partial charge in [-0.2, -0.15) is 5.26 Å². The lowest BCUT2D eigenvalue weighted by molar-refractivity contribution is 0.555. The molecule has 1 aromatic heterocycles. The number of aromatic nitrogens is 1. The van der Waals surface area contributed by atoms with Gasteiger partial charge in [0.1, 0.15) is 17.6 Å². The van der Waals surface area contributed by atoms with Gasteiger partial charge in [0.15, 0.2) is 0 Å². The van der Waals surface area contributed by atoms with Gasteiger partial charge in [-0.3, -0.25) is 4.98 Å². The highest BCUT2D eigenvalue weighted by Crippen LogP contribution is 2.17. The predicted molar refractivity (Wildman–Crippen MR) is 43.2 cm³/mol. The molecule has 0 N–H and O–H groups in total. The number of nitriles is 1. The molecule has 0 aliphatic carbocycles. The zero-order valence-corrected chi connectivity index (χ0v) is 7.22. The van der Waals surface area contributed by atoms with E-state index in [1.807, 2.05) is 0 Å². The third-order valence-electron chi connectivity index (χ3n) is 1.48. The molecule has 0 spiro atoms.